The van der Waals surface area contributed by atoms with E-state index >= 15 is 0 Å². The van der Waals surface area contributed by atoms with Crippen molar-refractivity contribution in [3.8, 4) is 21.8 Å². The lowest BCUT2D eigenvalue weighted by molar-refractivity contribution is -0.192. The van der Waals surface area contributed by atoms with Crippen molar-refractivity contribution in [3.05, 3.63) is 60.3 Å². The van der Waals surface area contributed by atoms with E-state index in [0.717, 1.165) is 72.5 Å². The summed E-state index contributed by atoms with van der Waals surface area (Å²) < 4.78 is 49.7. The minimum absolute atomic E-state index is 0.313. The second kappa shape index (κ2) is 17.2. The summed E-state index contributed by atoms with van der Waals surface area (Å²) in [4.78, 5) is 28.9. The van der Waals surface area contributed by atoms with E-state index < -0.39 is 12.1 Å². The van der Waals surface area contributed by atoms with Crippen LogP contribution in [0.3, 0.4) is 0 Å². The molecule has 47 heavy (non-hydrogen) atoms. The Bertz CT molecular complexity index is 1530. The lowest BCUT2D eigenvalue weighted by Gasteiger charge is -2.33. The lowest BCUT2D eigenvalue weighted by Crippen LogP contribution is -2.35. The van der Waals surface area contributed by atoms with Gasteiger partial charge in [0.15, 0.2) is 0 Å². The van der Waals surface area contributed by atoms with E-state index in [0.29, 0.717) is 18.1 Å². The van der Waals surface area contributed by atoms with Gasteiger partial charge in [0.25, 0.3) is 0 Å². The van der Waals surface area contributed by atoms with Gasteiger partial charge >= 0.3 is 18.1 Å². The van der Waals surface area contributed by atoms with Crippen LogP contribution < -0.4 is 4.90 Å². The summed E-state index contributed by atoms with van der Waals surface area (Å²) in [5.41, 5.74) is 4.65. The molecule has 1 saturated heterocycles. The molecule has 0 atom stereocenters. The number of carbonyl (C=O) groups excluding carboxylic acids is 1. The average Bonchev–Trinajstić information content (AvgIpc) is 3.65. The number of halogens is 3. The van der Waals surface area contributed by atoms with Crippen LogP contribution >= 0.6 is 11.3 Å². The first kappa shape index (κ1) is 35.8. The second-order valence-electron chi connectivity index (χ2n) is 11.0. The SMILES string of the molecule is CCOC(=O)c1ccc(-c2cn3nc(-c4ccc(N5CCC(COCCCCCOC)CC5)cc4)sc3n2)cc1.O=C(O)C(F)(F)F. The summed E-state index contributed by atoms with van der Waals surface area (Å²) in [5.74, 6) is -2.42. The van der Waals surface area contributed by atoms with E-state index in [1.807, 2.05) is 22.8 Å². The Hall–Kier alpha value is -4.01. The van der Waals surface area contributed by atoms with Crippen molar-refractivity contribution >= 4 is 33.9 Å². The maximum atomic E-state index is 11.9. The van der Waals surface area contributed by atoms with Crippen molar-refractivity contribution in [2.45, 2.75) is 45.2 Å². The summed E-state index contributed by atoms with van der Waals surface area (Å²) in [5, 5.41) is 12.8. The highest BCUT2D eigenvalue weighted by molar-refractivity contribution is 7.19. The highest BCUT2D eigenvalue weighted by atomic mass is 32.1. The number of fused-ring (bicyclic) bond motifs is 1. The molecule has 0 unspecified atom stereocenters. The summed E-state index contributed by atoms with van der Waals surface area (Å²) in [6, 6.07) is 16.0. The topological polar surface area (TPSA) is 115 Å². The number of nitrogens with zero attached hydrogens (tertiary/aromatic N) is 4. The Balaban J connectivity index is 0.000000644. The third-order valence-electron chi connectivity index (χ3n) is 7.56. The molecule has 0 aliphatic carbocycles. The van der Waals surface area contributed by atoms with Crippen molar-refractivity contribution in [1.29, 1.82) is 0 Å². The van der Waals surface area contributed by atoms with Gasteiger partial charge in [0.1, 0.15) is 5.01 Å². The van der Waals surface area contributed by atoms with Crippen LogP contribution in [0.15, 0.2) is 54.7 Å². The number of hydrogen-bond donors (Lipinski definition) is 1. The monoisotopic (exact) mass is 676 g/mol. The molecule has 1 aliphatic heterocycles. The van der Waals surface area contributed by atoms with Crippen molar-refractivity contribution in [2.75, 3.05) is 51.5 Å². The van der Waals surface area contributed by atoms with Gasteiger partial charge in [-0.1, -0.05) is 23.5 Å². The number of rotatable bonds is 13. The maximum absolute atomic E-state index is 11.9. The van der Waals surface area contributed by atoms with Crippen LogP contribution in [0, 0.1) is 5.92 Å². The molecular weight excluding hydrogens is 637 g/mol. The number of ether oxygens (including phenoxy) is 3. The Morgan fingerprint density at radius 2 is 1.62 bits per heavy atom. The molecule has 0 bridgehead atoms. The Morgan fingerprint density at radius 3 is 2.21 bits per heavy atom. The fourth-order valence-corrected chi connectivity index (χ4v) is 5.88. The normalized spacial score (nSPS) is 13.8. The molecule has 10 nitrogen and oxygen atoms in total. The fourth-order valence-electron chi connectivity index (χ4n) is 5.00. The molecule has 14 heteroatoms. The van der Waals surface area contributed by atoms with Gasteiger partial charge in [0, 0.05) is 56.8 Å². The summed E-state index contributed by atoms with van der Waals surface area (Å²) >= 11 is 1.57. The first-order valence-corrected chi connectivity index (χ1v) is 16.3. The summed E-state index contributed by atoms with van der Waals surface area (Å²) in [6.45, 7) is 6.87. The first-order chi connectivity index (χ1) is 22.6. The molecule has 0 saturated carbocycles. The highest BCUT2D eigenvalue weighted by Crippen LogP contribution is 2.31. The molecule has 2 aromatic carbocycles. The highest BCUT2D eigenvalue weighted by Gasteiger charge is 2.38. The van der Waals surface area contributed by atoms with Gasteiger partial charge in [-0.3, -0.25) is 0 Å². The summed E-state index contributed by atoms with van der Waals surface area (Å²) in [6.07, 6.45) is 2.59. The Morgan fingerprint density at radius 1 is 0.979 bits per heavy atom. The van der Waals surface area contributed by atoms with Gasteiger partial charge in [0.05, 0.1) is 24.1 Å². The van der Waals surface area contributed by atoms with Gasteiger partial charge in [-0.2, -0.15) is 18.3 Å². The zero-order chi connectivity index (χ0) is 33.8. The van der Waals surface area contributed by atoms with Crippen molar-refractivity contribution in [2.24, 2.45) is 5.92 Å². The van der Waals surface area contributed by atoms with Crippen LogP contribution in [0.2, 0.25) is 0 Å². The number of hydrogen-bond acceptors (Lipinski definition) is 9. The van der Waals surface area contributed by atoms with E-state index in [1.165, 1.54) is 24.9 Å². The molecule has 0 spiro atoms. The number of aromatic nitrogens is 3. The number of imidazole rings is 1. The third-order valence-corrected chi connectivity index (χ3v) is 8.53. The number of benzene rings is 2. The lowest BCUT2D eigenvalue weighted by atomic mass is 9.97. The quantitative estimate of drug-likeness (QED) is 0.118. The van der Waals surface area contributed by atoms with Gasteiger partial charge in [-0.15, -0.1) is 0 Å². The minimum atomic E-state index is -5.08. The van der Waals surface area contributed by atoms with Gasteiger partial charge in [0.2, 0.25) is 4.96 Å². The minimum Gasteiger partial charge on any atom is -0.475 e. The average molecular weight is 677 g/mol. The standard InChI is InChI=1S/C31H38N4O4S.C2HF3O2/c1-3-39-30(36)26-9-7-24(8-10-26)28-21-35-31(32-28)40-29(33-35)25-11-13-27(14-12-25)34-17-15-23(16-18-34)22-38-20-6-4-5-19-37-2;3-2(4,5)1(6)7/h7-14,21,23H,3-6,15-20,22H2,1-2H3;(H,6,7). The maximum Gasteiger partial charge on any atom is 0.490 e. The smallest absolute Gasteiger partial charge is 0.475 e. The van der Waals surface area contributed by atoms with Crippen LogP contribution in [-0.2, 0) is 19.0 Å². The van der Waals surface area contributed by atoms with Crippen molar-refractivity contribution in [3.63, 3.8) is 0 Å². The third kappa shape index (κ3) is 10.5. The van der Waals surface area contributed by atoms with E-state index in [2.05, 4.69) is 29.2 Å². The van der Waals surface area contributed by atoms with Crippen LogP contribution in [-0.4, -0.2) is 84.4 Å². The molecule has 3 heterocycles. The first-order valence-electron chi connectivity index (χ1n) is 15.4. The molecule has 5 rings (SSSR count). The number of carbonyl (C=O) groups is 2. The molecular formula is C33H39F3N4O6S. The molecule has 0 amide bonds. The fraction of sp³-hybridized carbons (Fsp3) is 0.455. The zero-order valence-electron chi connectivity index (χ0n) is 26.4. The van der Waals surface area contributed by atoms with Crippen LogP contribution in [0.25, 0.3) is 26.8 Å². The van der Waals surface area contributed by atoms with Crippen LogP contribution in [0.5, 0.6) is 0 Å². The predicted octanol–water partition coefficient (Wildman–Crippen LogP) is 6.98. The van der Waals surface area contributed by atoms with E-state index in [4.69, 9.17) is 34.2 Å². The van der Waals surface area contributed by atoms with Gasteiger partial charge in [-0.25, -0.2) is 19.1 Å². The number of anilines is 1. The van der Waals surface area contributed by atoms with E-state index in [9.17, 15) is 18.0 Å². The van der Waals surface area contributed by atoms with Crippen LogP contribution in [0.1, 0.15) is 49.4 Å². The number of piperidine rings is 1. The predicted molar refractivity (Wildman–Crippen MR) is 173 cm³/mol. The summed E-state index contributed by atoms with van der Waals surface area (Å²) in [7, 11) is 1.76. The number of carboxylic acid groups (broad SMARTS) is 1. The molecule has 1 N–H and O–H groups in total. The number of unbranched alkanes of at least 4 members (excludes halogenated alkanes) is 2. The molecule has 4 aromatic rings. The number of methoxy groups -OCH3 is 1. The molecule has 0 radical (unpaired) electrons. The number of carboxylic acids is 1. The molecule has 1 aliphatic rings. The Labute approximate surface area is 275 Å². The van der Waals surface area contributed by atoms with Crippen LogP contribution in [0.4, 0.5) is 18.9 Å². The zero-order valence-corrected chi connectivity index (χ0v) is 27.2. The number of esters is 1. The largest absolute Gasteiger partial charge is 0.490 e. The number of alkyl halides is 3. The molecule has 254 valence electrons. The second-order valence-corrected chi connectivity index (χ2v) is 11.9. The van der Waals surface area contributed by atoms with E-state index in [-0.39, 0.29) is 5.97 Å². The Kier molecular flexibility index (Phi) is 13.1. The van der Waals surface area contributed by atoms with Gasteiger partial charge in [-0.05, 0) is 81.3 Å². The van der Waals surface area contributed by atoms with Crippen molar-refractivity contribution in [1.82, 2.24) is 14.6 Å². The number of aliphatic carboxylic acids is 1. The van der Waals surface area contributed by atoms with Gasteiger partial charge < -0.3 is 24.2 Å². The molecule has 1 fully saturated rings. The van der Waals surface area contributed by atoms with Crippen molar-refractivity contribution < 1.29 is 42.1 Å². The molecule has 2 aromatic heterocycles. The van der Waals surface area contributed by atoms with E-state index in [1.54, 1.807) is 37.5 Å².